The van der Waals surface area contributed by atoms with Crippen LogP contribution >= 0.6 is 11.8 Å². The Hall–Kier alpha value is -0.170. The molecule has 0 spiro atoms. The first kappa shape index (κ1) is 16.8. The number of unbranched alkanes of at least 4 members (excludes halogenated alkanes) is 1. The maximum absolute atomic E-state index is 2.40. The van der Waals surface area contributed by atoms with Crippen LogP contribution in [0.25, 0.3) is 0 Å². The Bertz CT molecular complexity index is 216. The van der Waals surface area contributed by atoms with Gasteiger partial charge in [-0.2, -0.15) is 0 Å². The second-order valence-corrected chi connectivity index (χ2v) is 5.61. The van der Waals surface area contributed by atoms with Gasteiger partial charge in [0.2, 0.25) is 0 Å². The number of allylic oxidation sites excluding steroid dienone is 4. The van der Waals surface area contributed by atoms with Crippen LogP contribution in [0.4, 0.5) is 0 Å². The predicted octanol–water partition coefficient (Wildman–Crippen LogP) is 6.20. The average Bonchev–Trinajstić information content (AvgIpc) is 2.35. The van der Waals surface area contributed by atoms with Gasteiger partial charge in [0.25, 0.3) is 0 Å². The summed E-state index contributed by atoms with van der Waals surface area (Å²) >= 11 is 1.94. The quantitative estimate of drug-likeness (QED) is 0.418. The van der Waals surface area contributed by atoms with Crippen LogP contribution in [-0.4, -0.2) is 6.26 Å². The normalized spacial score (nSPS) is 14.5. The average molecular weight is 254 g/mol. The zero-order valence-corrected chi connectivity index (χ0v) is 13.0. The molecule has 0 bridgehead atoms. The van der Waals surface area contributed by atoms with E-state index in [1.165, 1.54) is 38.5 Å². The van der Waals surface area contributed by atoms with Crippen LogP contribution < -0.4 is 0 Å². The standard InChI is InChI=1S/C16H30S/c1-5-8-10-13-16(17-4)14-15(11-7-3)12-9-6-2/h5,8,13,15H,6-7,9-12,14H2,1-4H3/b8-5-,16-13-. The van der Waals surface area contributed by atoms with Gasteiger partial charge in [-0.3, -0.25) is 0 Å². The second kappa shape index (κ2) is 12.3. The molecule has 0 saturated carbocycles. The van der Waals surface area contributed by atoms with Crippen LogP contribution in [0, 0.1) is 5.92 Å². The van der Waals surface area contributed by atoms with E-state index in [0.717, 1.165) is 12.3 Å². The molecule has 1 unspecified atom stereocenters. The summed E-state index contributed by atoms with van der Waals surface area (Å²) in [5.41, 5.74) is 0. The van der Waals surface area contributed by atoms with Gasteiger partial charge in [-0.05, 0) is 36.8 Å². The Balaban J connectivity index is 4.20. The summed E-state index contributed by atoms with van der Waals surface area (Å²) in [6, 6.07) is 0. The second-order valence-electron chi connectivity index (χ2n) is 4.68. The fourth-order valence-corrected chi connectivity index (χ4v) is 2.78. The lowest BCUT2D eigenvalue weighted by atomic mass is 9.93. The number of hydrogen-bond donors (Lipinski definition) is 0. The van der Waals surface area contributed by atoms with Gasteiger partial charge in [0.1, 0.15) is 0 Å². The molecule has 0 aliphatic carbocycles. The van der Waals surface area contributed by atoms with E-state index in [2.05, 4.69) is 45.3 Å². The Morgan fingerprint density at radius 2 is 1.94 bits per heavy atom. The molecule has 0 aliphatic heterocycles. The molecule has 0 amide bonds. The molecule has 0 aromatic heterocycles. The van der Waals surface area contributed by atoms with Crippen molar-refractivity contribution in [3.8, 4) is 0 Å². The van der Waals surface area contributed by atoms with Crippen LogP contribution in [-0.2, 0) is 0 Å². The largest absolute Gasteiger partial charge is 0.134 e. The van der Waals surface area contributed by atoms with Crippen LogP contribution in [0.1, 0.15) is 65.7 Å². The highest BCUT2D eigenvalue weighted by Crippen LogP contribution is 2.28. The number of hydrogen-bond acceptors (Lipinski definition) is 1. The lowest BCUT2D eigenvalue weighted by molar-refractivity contribution is 0.431. The van der Waals surface area contributed by atoms with Crippen LogP contribution in [0.3, 0.4) is 0 Å². The summed E-state index contributed by atoms with van der Waals surface area (Å²) in [4.78, 5) is 1.58. The molecule has 0 fully saturated rings. The van der Waals surface area contributed by atoms with E-state index in [4.69, 9.17) is 0 Å². The van der Waals surface area contributed by atoms with E-state index in [1.807, 2.05) is 11.8 Å². The maximum atomic E-state index is 2.40. The molecule has 0 rings (SSSR count). The summed E-state index contributed by atoms with van der Waals surface area (Å²) < 4.78 is 0. The zero-order chi connectivity index (χ0) is 12.9. The Kier molecular flexibility index (Phi) is 12.2. The van der Waals surface area contributed by atoms with Crippen molar-refractivity contribution >= 4 is 11.8 Å². The first-order valence-corrected chi connectivity index (χ1v) is 8.35. The highest BCUT2D eigenvalue weighted by molar-refractivity contribution is 8.02. The van der Waals surface area contributed by atoms with Crippen molar-refractivity contribution in [2.45, 2.75) is 65.7 Å². The topological polar surface area (TPSA) is 0 Å². The Labute approximate surface area is 113 Å². The summed E-state index contributed by atoms with van der Waals surface area (Å²) in [6.45, 7) is 6.69. The van der Waals surface area contributed by atoms with E-state index < -0.39 is 0 Å². The molecular weight excluding hydrogens is 224 g/mol. The van der Waals surface area contributed by atoms with Gasteiger partial charge in [0.15, 0.2) is 0 Å². The van der Waals surface area contributed by atoms with E-state index in [-0.39, 0.29) is 0 Å². The SMILES string of the molecule is C/C=C\C/C=C(/CC(CCC)CCCC)SC. The highest BCUT2D eigenvalue weighted by atomic mass is 32.2. The Morgan fingerprint density at radius 3 is 2.47 bits per heavy atom. The number of thioether (sulfide) groups is 1. The molecule has 0 aliphatic rings. The molecule has 0 heterocycles. The smallest absolute Gasteiger partial charge is 0.0140 e. The molecule has 0 aromatic rings. The molecule has 0 saturated heterocycles. The minimum absolute atomic E-state index is 0.907. The van der Waals surface area contributed by atoms with Crippen molar-refractivity contribution in [2.75, 3.05) is 6.26 Å². The first-order chi connectivity index (χ1) is 8.28. The molecule has 0 aromatic carbocycles. The van der Waals surface area contributed by atoms with Crippen molar-refractivity contribution in [1.82, 2.24) is 0 Å². The molecule has 100 valence electrons. The number of rotatable bonds is 10. The minimum atomic E-state index is 0.907. The third-order valence-corrected chi connectivity index (χ3v) is 3.99. The summed E-state index contributed by atoms with van der Waals surface area (Å²) in [7, 11) is 0. The summed E-state index contributed by atoms with van der Waals surface area (Å²) in [5.74, 6) is 0.907. The summed E-state index contributed by atoms with van der Waals surface area (Å²) in [6.07, 6.45) is 18.2. The molecular formula is C16H30S. The van der Waals surface area contributed by atoms with Crippen LogP contribution in [0.5, 0.6) is 0 Å². The lowest BCUT2D eigenvalue weighted by Crippen LogP contribution is -2.01. The predicted molar refractivity (Wildman–Crippen MR) is 83.6 cm³/mol. The van der Waals surface area contributed by atoms with Gasteiger partial charge in [0.05, 0.1) is 0 Å². The van der Waals surface area contributed by atoms with Gasteiger partial charge in [-0.1, -0.05) is 64.2 Å². The first-order valence-electron chi connectivity index (χ1n) is 7.12. The molecule has 17 heavy (non-hydrogen) atoms. The Morgan fingerprint density at radius 1 is 1.18 bits per heavy atom. The lowest BCUT2D eigenvalue weighted by Gasteiger charge is -2.17. The molecule has 0 radical (unpaired) electrons. The molecule has 0 nitrogen and oxygen atoms in total. The van der Waals surface area contributed by atoms with Crippen molar-refractivity contribution in [2.24, 2.45) is 5.92 Å². The van der Waals surface area contributed by atoms with Crippen molar-refractivity contribution < 1.29 is 0 Å². The van der Waals surface area contributed by atoms with Gasteiger partial charge < -0.3 is 0 Å². The van der Waals surface area contributed by atoms with Crippen LogP contribution in [0.15, 0.2) is 23.1 Å². The monoisotopic (exact) mass is 254 g/mol. The third-order valence-electron chi connectivity index (χ3n) is 3.13. The van der Waals surface area contributed by atoms with E-state index >= 15 is 0 Å². The highest BCUT2D eigenvalue weighted by Gasteiger charge is 2.09. The van der Waals surface area contributed by atoms with Gasteiger partial charge >= 0.3 is 0 Å². The van der Waals surface area contributed by atoms with Crippen molar-refractivity contribution in [3.05, 3.63) is 23.1 Å². The van der Waals surface area contributed by atoms with E-state index in [9.17, 15) is 0 Å². The maximum Gasteiger partial charge on any atom is -0.0140 e. The molecule has 1 atom stereocenters. The summed E-state index contributed by atoms with van der Waals surface area (Å²) in [5, 5.41) is 0. The zero-order valence-electron chi connectivity index (χ0n) is 12.2. The minimum Gasteiger partial charge on any atom is -0.134 e. The van der Waals surface area contributed by atoms with Crippen molar-refractivity contribution in [3.63, 3.8) is 0 Å². The van der Waals surface area contributed by atoms with Crippen molar-refractivity contribution in [1.29, 1.82) is 0 Å². The van der Waals surface area contributed by atoms with Gasteiger partial charge in [-0.15, -0.1) is 11.8 Å². The fraction of sp³-hybridized carbons (Fsp3) is 0.750. The fourth-order valence-electron chi connectivity index (χ4n) is 2.12. The van der Waals surface area contributed by atoms with Gasteiger partial charge in [-0.25, -0.2) is 0 Å². The molecule has 0 N–H and O–H groups in total. The third kappa shape index (κ3) is 9.52. The molecule has 1 heteroatoms. The van der Waals surface area contributed by atoms with E-state index in [1.54, 1.807) is 4.91 Å². The van der Waals surface area contributed by atoms with Crippen LogP contribution in [0.2, 0.25) is 0 Å². The van der Waals surface area contributed by atoms with E-state index in [0.29, 0.717) is 0 Å². The van der Waals surface area contributed by atoms with Gasteiger partial charge in [0, 0.05) is 0 Å².